The first-order valence-electron chi connectivity index (χ1n) is 3.60. The van der Waals surface area contributed by atoms with Gasteiger partial charge < -0.3 is 4.89 Å². The molecule has 0 bridgehead atoms. The molecule has 0 N–H and O–H groups in total. The SMILES string of the molecule is CC1(C)CO[P+]([O-])([CH-]C#N)OC1.[Li+]. The fourth-order valence-corrected chi connectivity index (χ4v) is 2.18. The maximum atomic E-state index is 11.4. The van der Waals surface area contributed by atoms with E-state index in [4.69, 9.17) is 14.3 Å². The van der Waals surface area contributed by atoms with Crippen LogP contribution < -0.4 is 23.8 Å². The Morgan fingerprint density at radius 2 is 1.92 bits per heavy atom. The fourth-order valence-electron chi connectivity index (χ4n) is 0.754. The Labute approximate surface area is 91.0 Å². The minimum Gasteiger partial charge on any atom is -0.652 e. The molecule has 6 heteroatoms. The number of rotatable bonds is 1. The van der Waals surface area contributed by atoms with E-state index in [1.807, 2.05) is 13.8 Å². The molecule has 1 aliphatic heterocycles. The maximum absolute atomic E-state index is 11.4. The van der Waals surface area contributed by atoms with Crippen LogP contribution in [0.2, 0.25) is 0 Å². The normalized spacial score (nSPS) is 23.8. The van der Waals surface area contributed by atoms with Crippen LogP contribution in [0.3, 0.4) is 0 Å². The van der Waals surface area contributed by atoms with Crippen molar-refractivity contribution >= 4 is 7.94 Å². The molecule has 0 aromatic heterocycles. The van der Waals surface area contributed by atoms with Crippen molar-refractivity contribution in [3.8, 4) is 6.07 Å². The molecule has 0 saturated carbocycles. The van der Waals surface area contributed by atoms with Crippen molar-refractivity contribution in [2.75, 3.05) is 13.2 Å². The van der Waals surface area contributed by atoms with Gasteiger partial charge in [0.05, 0.1) is 13.2 Å². The zero-order valence-electron chi connectivity index (χ0n) is 8.11. The Kier molecular flexibility index (Phi) is 4.76. The van der Waals surface area contributed by atoms with Crippen molar-refractivity contribution in [1.82, 2.24) is 0 Å². The van der Waals surface area contributed by atoms with E-state index in [0.717, 1.165) is 6.16 Å². The van der Waals surface area contributed by atoms with Gasteiger partial charge in [-0.25, -0.2) is 14.3 Å². The molecule has 0 aliphatic carbocycles. The number of hydrogen-bond acceptors (Lipinski definition) is 4. The van der Waals surface area contributed by atoms with Gasteiger partial charge in [0.25, 0.3) is 0 Å². The summed E-state index contributed by atoms with van der Waals surface area (Å²) in [4.78, 5) is 11.4. The molecule has 0 aromatic carbocycles. The summed E-state index contributed by atoms with van der Waals surface area (Å²) in [6.07, 6.45) is 0.933. The predicted molar refractivity (Wildman–Crippen MR) is 42.5 cm³/mol. The van der Waals surface area contributed by atoms with Crippen LogP contribution in [0.15, 0.2) is 0 Å². The van der Waals surface area contributed by atoms with Crippen LogP contribution >= 0.6 is 7.94 Å². The molecule has 1 saturated heterocycles. The zero-order valence-corrected chi connectivity index (χ0v) is 9.01. The van der Waals surface area contributed by atoms with Gasteiger partial charge in [0.1, 0.15) is 7.94 Å². The first kappa shape index (κ1) is 13.3. The first-order chi connectivity index (χ1) is 5.47. The average Bonchev–Trinajstić information content (AvgIpc) is 1.98. The van der Waals surface area contributed by atoms with Crippen LogP contribution in [-0.4, -0.2) is 13.2 Å². The van der Waals surface area contributed by atoms with Crippen molar-refractivity contribution in [2.24, 2.45) is 5.41 Å². The third kappa shape index (κ3) is 3.88. The van der Waals surface area contributed by atoms with Gasteiger partial charge in [-0.1, -0.05) is 26.1 Å². The van der Waals surface area contributed by atoms with E-state index in [1.54, 1.807) is 6.07 Å². The summed E-state index contributed by atoms with van der Waals surface area (Å²) in [5.74, 6) is 0. The van der Waals surface area contributed by atoms with Crippen LogP contribution in [0.5, 0.6) is 0 Å². The third-order valence-corrected chi connectivity index (χ3v) is 2.90. The summed E-state index contributed by atoms with van der Waals surface area (Å²) in [6.45, 7) is 4.62. The van der Waals surface area contributed by atoms with Crippen LogP contribution in [0.1, 0.15) is 13.8 Å². The van der Waals surface area contributed by atoms with E-state index in [0.29, 0.717) is 13.2 Å². The van der Waals surface area contributed by atoms with Gasteiger partial charge in [0.15, 0.2) is 0 Å². The molecule has 1 aliphatic rings. The van der Waals surface area contributed by atoms with E-state index in [9.17, 15) is 4.89 Å². The molecule has 0 unspecified atom stereocenters. The van der Waals surface area contributed by atoms with E-state index < -0.39 is 7.94 Å². The van der Waals surface area contributed by atoms with Crippen LogP contribution in [-0.2, 0) is 9.05 Å². The molecule has 1 rings (SSSR count). The van der Waals surface area contributed by atoms with Gasteiger partial charge in [-0.05, 0) is 0 Å². The molecule has 68 valence electrons. The largest absolute Gasteiger partial charge is 1.00 e. The third-order valence-electron chi connectivity index (χ3n) is 1.49. The summed E-state index contributed by atoms with van der Waals surface area (Å²) < 4.78 is 9.95. The molecule has 1 fully saturated rings. The standard InChI is InChI=1S/C7H11NO3P.Li/c1-7(2)5-10-12(9,4-3-8)11-6-7;/h4H,5-6H2,1-2H3;/q-1;+1. The summed E-state index contributed by atoms with van der Waals surface area (Å²) in [5.41, 5.74) is -0.114. The quantitative estimate of drug-likeness (QED) is 0.272. The van der Waals surface area contributed by atoms with Crippen molar-refractivity contribution in [3.63, 3.8) is 0 Å². The zero-order chi connectivity index (χ0) is 9.24. The second-order valence-electron chi connectivity index (χ2n) is 3.51. The van der Waals surface area contributed by atoms with Gasteiger partial charge in [-0.2, -0.15) is 0 Å². The van der Waals surface area contributed by atoms with E-state index in [-0.39, 0.29) is 24.3 Å². The van der Waals surface area contributed by atoms with Crippen LogP contribution in [0, 0.1) is 22.9 Å². The van der Waals surface area contributed by atoms with Crippen molar-refractivity contribution < 1.29 is 32.8 Å². The smallest absolute Gasteiger partial charge is 0.652 e. The molecule has 4 nitrogen and oxygen atoms in total. The number of nitrogens with zero attached hydrogens (tertiary/aromatic N) is 1. The van der Waals surface area contributed by atoms with E-state index in [2.05, 4.69) is 0 Å². The number of hydrogen-bond donors (Lipinski definition) is 0. The van der Waals surface area contributed by atoms with Crippen LogP contribution in [0.4, 0.5) is 0 Å². The Hall–Kier alpha value is 0.267. The molecule has 0 radical (unpaired) electrons. The van der Waals surface area contributed by atoms with Crippen molar-refractivity contribution in [2.45, 2.75) is 13.8 Å². The molecular formula is C7H11LiNO3P. The predicted octanol–water partition coefficient (Wildman–Crippen LogP) is -2.13. The van der Waals surface area contributed by atoms with E-state index in [1.165, 1.54) is 0 Å². The first-order valence-corrected chi connectivity index (χ1v) is 5.21. The second-order valence-corrected chi connectivity index (χ2v) is 5.36. The number of nitriles is 1. The molecule has 0 amide bonds. The monoisotopic (exact) mass is 195 g/mol. The second kappa shape index (κ2) is 4.67. The van der Waals surface area contributed by atoms with Gasteiger partial charge in [-0.3, -0.25) is 0 Å². The average molecular weight is 195 g/mol. The minimum absolute atomic E-state index is 0. The van der Waals surface area contributed by atoms with E-state index >= 15 is 0 Å². The Bertz CT molecular complexity index is 206. The summed E-state index contributed by atoms with van der Waals surface area (Å²) in [5, 5.41) is 8.28. The molecule has 0 atom stereocenters. The molecule has 0 aromatic rings. The topological polar surface area (TPSA) is 65.3 Å². The Morgan fingerprint density at radius 1 is 1.46 bits per heavy atom. The minimum atomic E-state index is -3.18. The van der Waals surface area contributed by atoms with Gasteiger partial charge in [-0.15, -0.1) is 0 Å². The summed E-state index contributed by atoms with van der Waals surface area (Å²) in [6, 6.07) is 1.67. The van der Waals surface area contributed by atoms with Gasteiger partial charge in [0, 0.05) is 5.41 Å². The molecule has 1 heterocycles. The fraction of sp³-hybridized carbons (Fsp3) is 0.714. The van der Waals surface area contributed by atoms with Crippen LogP contribution in [0.25, 0.3) is 0 Å². The molecule has 0 spiro atoms. The Balaban J connectivity index is 0.00000144. The van der Waals surface area contributed by atoms with Crippen molar-refractivity contribution in [1.29, 1.82) is 5.26 Å². The van der Waals surface area contributed by atoms with Gasteiger partial charge >= 0.3 is 18.9 Å². The summed E-state index contributed by atoms with van der Waals surface area (Å²) in [7, 11) is -3.18. The molecular weight excluding hydrogens is 184 g/mol. The van der Waals surface area contributed by atoms with Gasteiger partial charge in [0.2, 0.25) is 0 Å². The maximum Gasteiger partial charge on any atom is 1.00 e. The molecule has 13 heavy (non-hydrogen) atoms. The van der Waals surface area contributed by atoms with Crippen molar-refractivity contribution in [3.05, 3.63) is 6.16 Å². The summed E-state index contributed by atoms with van der Waals surface area (Å²) >= 11 is 0. The Morgan fingerprint density at radius 3 is 2.31 bits per heavy atom.